The Kier molecular flexibility index (Phi) is 3.36. The predicted molar refractivity (Wildman–Crippen MR) is 67.0 cm³/mol. The minimum Gasteiger partial charge on any atom is -0.397 e. The Balaban J connectivity index is 2.34. The third-order valence-corrected chi connectivity index (χ3v) is 3.63. The van der Waals surface area contributed by atoms with Crippen molar-refractivity contribution in [3.63, 3.8) is 0 Å². The van der Waals surface area contributed by atoms with Gasteiger partial charge in [0.15, 0.2) is 0 Å². The minimum absolute atomic E-state index is 0.106. The molecule has 0 radical (unpaired) electrons. The average molecular weight is 289 g/mol. The quantitative estimate of drug-likeness (QED) is 0.924. The summed E-state index contributed by atoms with van der Waals surface area (Å²) in [4.78, 5) is 16.5. The molecule has 0 spiro atoms. The summed E-state index contributed by atoms with van der Waals surface area (Å²) in [5.41, 5.74) is 5.99. The second kappa shape index (κ2) is 4.69. The van der Waals surface area contributed by atoms with Crippen molar-refractivity contribution in [2.24, 2.45) is 0 Å². The second-order valence-electron chi connectivity index (χ2n) is 3.99. The van der Waals surface area contributed by atoms with Gasteiger partial charge in [-0.05, 0) is 6.07 Å². The number of fused-ring (bicyclic) bond motifs is 1. The maximum atomic E-state index is 12.3. The Morgan fingerprint density at radius 3 is 2.79 bits per heavy atom. The summed E-state index contributed by atoms with van der Waals surface area (Å²) in [5.74, 6) is -0.740. The van der Waals surface area contributed by atoms with Crippen LogP contribution in [0.1, 0.15) is 9.67 Å². The summed E-state index contributed by atoms with van der Waals surface area (Å²) in [5, 5.41) is 0.628. The van der Waals surface area contributed by atoms with Gasteiger partial charge in [-0.3, -0.25) is 9.78 Å². The number of nitrogens with zero attached hydrogens (tertiary/aromatic N) is 2. The van der Waals surface area contributed by atoms with E-state index in [-0.39, 0.29) is 10.6 Å². The van der Waals surface area contributed by atoms with Crippen LogP contribution < -0.4 is 5.73 Å². The Hall–Kier alpha value is -1.83. The smallest absolute Gasteiger partial charge is 0.397 e. The minimum atomic E-state index is -4.43. The van der Waals surface area contributed by atoms with Crippen molar-refractivity contribution in [1.82, 2.24) is 9.88 Å². The van der Waals surface area contributed by atoms with Gasteiger partial charge in [-0.2, -0.15) is 13.2 Å². The Labute approximate surface area is 110 Å². The fraction of sp³-hybridized carbons (Fsp3) is 0.273. The van der Waals surface area contributed by atoms with Gasteiger partial charge in [-0.1, -0.05) is 0 Å². The van der Waals surface area contributed by atoms with Crippen LogP contribution in [0.2, 0.25) is 0 Å². The van der Waals surface area contributed by atoms with Crippen molar-refractivity contribution in [2.75, 3.05) is 19.3 Å². The molecule has 0 saturated carbocycles. The van der Waals surface area contributed by atoms with Gasteiger partial charge in [0.05, 0.1) is 10.4 Å². The summed E-state index contributed by atoms with van der Waals surface area (Å²) in [6, 6.07) is 1.63. The van der Waals surface area contributed by atoms with E-state index >= 15 is 0 Å². The third kappa shape index (κ3) is 2.78. The van der Waals surface area contributed by atoms with Crippen LogP contribution in [0.3, 0.4) is 0 Å². The highest BCUT2D eigenvalue weighted by molar-refractivity contribution is 7.21. The molecule has 102 valence electrons. The molecule has 2 rings (SSSR count). The van der Waals surface area contributed by atoms with E-state index in [1.54, 1.807) is 6.07 Å². The zero-order valence-electron chi connectivity index (χ0n) is 9.86. The number of alkyl halides is 3. The molecule has 0 aromatic carbocycles. The highest BCUT2D eigenvalue weighted by Crippen LogP contribution is 2.33. The zero-order valence-corrected chi connectivity index (χ0v) is 10.7. The maximum absolute atomic E-state index is 12.3. The van der Waals surface area contributed by atoms with Gasteiger partial charge in [-0.15, -0.1) is 11.3 Å². The summed E-state index contributed by atoms with van der Waals surface area (Å²) in [7, 11) is 1.10. The van der Waals surface area contributed by atoms with Crippen molar-refractivity contribution in [1.29, 1.82) is 0 Å². The molecule has 8 heteroatoms. The van der Waals surface area contributed by atoms with Gasteiger partial charge in [0.1, 0.15) is 11.4 Å². The molecule has 0 saturated heterocycles. The van der Waals surface area contributed by atoms with Crippen molar-refractivity contribution in [3.8, 4) is 0 Å². The van der Waals surface area contributed by atoms with E-state index < -0.39 is 18.6 Å². The van der Waals surface area contributed by atoms with E-state index in [4.69, 9.17) is 5.73 Å². The van der Waals surface area contributed by atoms with Gasteiger partial charge in [0, 0.05) is 24.8 Å². The number of carbonyl (C=O) groups is 1. The van der Waals surface area contributed by atoms with Crippen LogP contribution in [-0.2, 0) is 0 Å². The van der Waals surface area contributed by atoms with Gasteiger partial charge in [-0.25, -0.2) is 0 Å². The number of nitrogen functional groups attached to an aromatic ring is 1. The second-order valence-corrected chi connectivity index (χ2v) is 5.05. The molecular formula is C11H10F3N3OS. The number of hydrogen-bond donors (Lipinski definition) is 1. The molecule has 0 fully saturated rings. The van der Waals surface area contributed by atoms with E-state index in [0.29, 0.717) is 15.0 Å². The van der Waals surface area contributed by atoms with E-state index in [2.05, 4.69) is 4.98 Å². The van der Waals surface area contributed by atoms with Crippen molar-refractivity contribution < 1.29 is 18.0 Å². The molecule has 4 nitrogen and oxygen atoms in total. The Morgan fingerprint density at radius 2 is 2.21 bits per heavy atom. The number of rotatable bonds is 2. The van der Waals surface area contributed by atoms with Crippen LogP contribution in [0.15, 0.2) is 18.5 Å². The predicted octanol–water partition coefficient (Wildman–Crippen LogP) is 2.51. The van der Waals surface area contributed by atoms with Crippen LogP contribution in [-0.4, -0.2) is 35.6 Å². The largest absolute Gasteiger partial charge is 0.406 e. The lowest BCUT2D eigenvalue weighted by Crippen LogP contribution is -2.35. The van der Waals surface area contributed by atoms with Crippen LogP contribution in [0.4, 0.5) is 18.9 Å². The highest BCUT2D eigenvalue weighted by Gasteiger charge is 2.32. The van der Waals surface area contributed by atoms with Gasteiger partial charge < -0.3 is 10.6 Å². The molecular weight excluding hydrogens is 279 g/mol. The molecule has 0 aliphatic heterocycles. The van der Waals surface area contributed by atoms with Gasteiger partial charge in [0.25, 0.3) is 5.91 Å². The van der Waals surface area contributed by atoms with E-state index in [0.717, 1.165) is 18.4 Å². The molecule has 0 unspecified atom stereocenters. The lowest BCUT2D eigenvalue weighted by Gasteiger charge is -2.18. The number of pyridine rings is 1. The fourth-order valence-electron chi connectivity index (χ4n) is 1.64. The van der Waals surface area contributed by atoms with Crippen LogP contribution in [0, 0.1) is 0 Å². The molecule has 1 amide bonds. The topological polar surface area (TPSA) is 59.2 Å². The first-order chi connectivity index (χ1) is 8.79. The first kappa shape index (κ1) is 13.6. The van der Waals surface area contributed by atoms with E-state index in [1.807, 2.05) is 0 Å². The molecule has 0 atom stereocenters. The summed E-state index contributed by atoms with van der Waals surface area (Å²) < 4.78 is 37.4. The number of hydrogen-bond acceptors (Lipinski definition) is 4. The first-order valence-corrected chi connectivity index (χ1v) is 6.05. The number of carbonyl (C=O) groups excluding carboxylic acids is 1. The molecule has 2 heterocycles. The van der Waals surface area contributed by atoms with Crippen LogP contribution in [0.5, 0.6) is 0 Å². The average Bonchev–Trinajstić information content (AvgIpc) is 2.64. The van der Waals surface area contributed by atoms with Crippen molar-refractivity contribution in [2.45, 2.75) is 6.18 Å². The monoisotopic (exact) mass is 289 g/mol. The molecule has 2 aromatic heterocycles. The van der Waals surface area contributed by atoms with E-state index in [1.165, 1.54) is 12.4 Å². The molecule has 0 aliphatic rings. The van der Waals surface area contributed by atoms with E-state index in [9.17, 15) is 18.0 Å². The zero-order chi connectivity index (χ0) is 14.2. The Bertz CT molecular complexity index is 623. The van der Waals surface area contributed by atoms with Crippen LogP contribution >= 0.6 is 11.3 Å². The fourth-order valence-corrected chi connectivity index (χ4v) is 2.73. The maximum Gasteiger partial charge on any atom is 0.406 e. The summed E-state index contributed by atoms with van der Waals surface area (Å²) in [6.45, 7) is -1.31. The van der Waals surface area contributed by atoms with Gasteiger partial charge >= 0.3 is 6.18 Å². The molecule has 0 aliphatic carbocycles. The number of aromatic nitrogens is 1. The molecule has 19 heavy (non-hydrogen) atoms. The summed E-state index contributed by atoms with van der Waals surface area (Å²) in [6.07, 6.45) is -1.40. The van der Waals surface area contributed by atoms with Crippen LogP contribution in [0.25, 0.3) is 10.1 Å². The number of thiophene rings is 1. The first-order valence-electron chi connectivity index (χ1n) is 5.24. The number of halogens is 3. The van der Waals surface area contributed by atoms with Crippen molar-refractivity contribution in [3.05, 3.63) is 23.3 Å². The van der Waals surface area contributed by atoms with Crippen molar-refractivity contribution >= 4 is 33.0 Å². The number of nitrogens with two attached hydrogens (primary N) is 1. The third-order valence-electron chi connectivity index (χ3n) is 2.49. The standard InChI is InChI=1S/C11H10F3N3OS/c1-17(5-11(12,13)14)10(18)9-8(15)6-2-3-16-4-7(6)19-9/h2-4H,5,15H2,1H3. The normalized spacial score (nSPS) is 11.8. The Morgan fingerprint density at radius 1 is 1.53 bits per heavy atom. The highest BCUT2D eigenvalue weighted by atomic mass is 32.1. The van der Waals surface area contributed by atoms with Gasteiger partial charge in [0.2, 0.25) is 0 Å². The molecule has 0 bridgehead atoms. The molecule has 2 N–H and O–H groups in total. The summed E-state index contributed by atoms with van der Waals surface area (Å²) >= 11 is 1.04. The SMILES string of the molecule is CN(CC(F)(F)F)C(=O)c1sc2cnccc2c1N. The molecule has 2 aromatic rings. The number of anilines is 1. The number of amides is 1. The lowest BCUT2D eigenvalue weighted by atomic mass is 10.2. The lowest BCUT2D eigenvalue weighted by molar-refractivity contribution is -0.138.